The SMILES string of the molecule is COCCCOc1cc(N)c(-c2cc(=O)c(C(=O)O)cn2C(C)C)nc1Cl. The number of methoxy groups -OCH3 is 1. The summed E-state index contributed by atoms with van der Waals surface area (Å²) in [6, 6.07) is 2.61. The number of carboxylic acid groups (broad SMARTS) is 1. The number of pyridine rings is 2. The lowest BCUT2D eigenvalue weighted by atomic mass is 10.1. The van der Waals surface area contributed by atoms with Crippen LogP contribution in [0.15, 0.2) is 23.1 Å². The monoisotopic (exact) mass is 395 g/mol. The lowest BCUT2D eigenvalue weighted by molar-refractivity contribution is 0.0694. The van der Waals surface area contributed by atoms with Crippen molar-refractivity contribution in [3.8, 4) is 17.1 Å². The highest BCUT2D eigenvalue weighted by Gasteiger charge is 2.19. The van der Waals surface area contributed by atoms with Crippen LogP contribution >= 0.6 is 11.6 Å². The van der Waals surface area contributed by atoms with Crippen molar-refractivity contribution < 1.29 is 19.4 Å². The van der Waals surface area contributed by atoms with Gasteiger partial charge in [0.25, 0.3) is 0 Å². The third kappa shape index (κ3) is 4.78. The predicted molar refractivity (Wildman–Crippen MR) is 103 cm³/mol. The first kappa shape index (κ1) is 20.7. The maximum atomic E-state index is 12.2. The zero-order chi connectivity index (χ0) is 20.1. The van der Waals surface area contributed by atoms with Crippen molar-refractivity contribution in [1.82, 2.24) is 9.55 Å². The Morgan fingerprint density at radius 1 is 1.37 bits per heavy atom. The molecule has 0 saturated heterocycles. The van der Waals surface area contributed by atoms with Gasteiger partial charge in [0.05, 0.1) is 18.0 Å². The number of rotatable bonds is 8. The molecular weight excluding hydrogens is 374 g/mol. The molecule has 2 aromatic rings. The first-order valence-electron chi connectivity index (χ1n) is 8.33. The molecule has 27 heavy (non-hydrogen) atoms. The van der Waals surface area contributed by atoms with Crippen molar-refractivity contribution in [3.63, 3.8) is 0 Å². The zero-order valence-corrected chi connectivity index (χ0v) is 16.1. The Hall–Kier alpha value is -2.58. The molecule has 0 unspecified atom stereocenters. The maximum absolute atomic E-state index is 12.2. The summed E-state index contributed by atoms with van der Waals surface area (Å²) in [4.78, 5) is 27.7. The molecule has 0 bridgehead atoms. The average Bonchev–Trinajstić information content (AvgIpc) is 2.60. The summed E-state index contributed by atoms with van der Waals surface area (Å²) < 4.78 is 12.1. The molecule has 0 aliphatic heterocycles. The van der Waals surface area contributed by atoms with Crippen molar-refractivity contribution in [3.05, 3.63) is 39.3 Å². The van der Waals surface area contributed by atoms with Crippen LogP contribution in [-0.4, -0.2) is 41.0 Å². The van der Waals surface area contributed by atoms with E-state index < -0.39 is 11.4 Å². The Labute approximate surface area is 161 Å². The molecular formula is C18H22ClN3O5. The number of hydrogen-bond donors (Lipinski definition) is 2. The topological polar surface area (TPSA) is 117 Å². The second kappa shape index (κ2) is 8.88. The Bertz CT molecular complexity index is 895. The number of hydrogen-bond acceptors (Lipinski definition) is 6. The lowest BCUT2D eigenvalue weighted by Crippen LogP contribution is -2.20. The minimum Gasteiger partial charge on any atom is -0.490 e. The van der Waals surface area contributed by atoms with E-state index in [1.54, 1.807) is 11.7 Å². The molecule has 0 aliphatic rings. The van der Waals surface area contributed by atoms with E-state index in [9.17, 15) is 14.7 Å². The van der Waals surface area contributed by atoms with E-state index in [1.807, 2.05) is 13.8 Å². The molecule has 0 aromatic carbocycles. The largest absolute Gasteiger partial charge is 0.490 e. The average molecular weight is 396 g/mol. The minimum atomic E-state index is -1.29. The summed E-state index contributed by atoms with van der Waals surface area (Å²) >= 11 is 6.21. The summed E-state index contributed by atoms with van der Waals surface area (Å²) in [5.41, 5.74) is 6.08. The van der Waals surface area contributed by atoms with Crippen LogP contribution in [0.5, 0.6) is 5.75 Å². The Balaban J connectivity index is 2.49. The molecule has 0 amide bonds. The molecule has 8 nitrogen and oxygen atoms in total. The minimum absolute atomic E-state index is 0.0988. The first-order valence-corrected chi connectivity index (χ1v) is 8.71. The first-order chi connectivity index (χ1) is 12.8. The third-order valence-corrected chi connectivity index (χ3v) is 4.10. The van der Waals surface area contributed by atoms with Crippen molar-refractivity contribution in [2.75, 3.05) is 26.1 Å². The summed E-state index contributed by atoms with van der Waals surface area (Å²) in [6.45, 7) is 4.64. The maximum Gasteiger partial charge on any atom is 0.341 e. The van der Waals surface area contributed by atoms with Crippen LogP contribution in [0.4, 0.5) is 5.69 Å². The quantitative estimate of drug-likeness (QED) is 0.521. The number of ether oxygens (including phenoxy) is 2. The Morgan fingerprint density at radius 3 is 2.67 bits per heavy atom. The van der Waals surface area contributed by atoms with E-state index >= 15 is 0 Å². The van der Waals surface area contributed by atoms with Gasteiger partial charge in [0.15, 0.2) is 16.3 Å². The second-order valence-electron chi connectivity index (χ2n) is 6.15. The van der Waals surface area contributed by atoms with E-state index in [1.165, 1.54) is 18.3 Å². The van der Waals surface area contributed by atoms with E-state index in [2.05, 4.69) is 4.98 Å². The van der Waals surface area contributed by atoms with Gasteiger partial charge in [0, 0.05) is 44.5 Å². The van der Waals surface area contributed by atoms with Gasteiger partial charge in [-0.3, -0.25) is 4.79 Å². The molecule has 3 N–H and O–H groups in total. The summed E-state index contributed by atoms with van der Waals surface area (Å²) in [7, 11) is 1.60. The number of aromatic carboxylic acids is 1. The van der Waals surface area contributed by atoms with E-state index in [0.717, 1.165) is 0 Å². The Kier molecular flexibility index (Phi) is 6.81. The normalized spacial score (nSPS) is 11.0. The molecule has 0 saturated carbocycles. The number of carboxylic acids is 1. The van der Waals surface area contributed by atoms with E-state index in [4.69, 9.17) is 26.8 Å². The molecule has 0 atom stereocenters. The van der Waals surface area contributed by atoms with Crippen molar-refractivity contribution >= 4 is 23.3 Å². The van der Waals surface area contributed by atoms with E-state index in [-0.39, 0.29) is 28.1 Å². The molecule has 2 rings (SSSR count). The van der Waals surface area contributed by atoms with Gasteiger partial charge in [-0.2, -0.15) is 0 Å². The van der Waals surface area contributed by atoms with Crippen LogP contribution < -0.4 is 15.9 Å². The molecule has 0 fully saturated rings. The number of nitrogens with zero attached hydrogens (tertiary/aromatic N) is 2. The predicted octanol–water partition coefficient (Wildman–Crippen LogP) is 2.84. The molecule has 146 valence electrons. The summed E-state index contributed by atoms with van der Waals surface area (Å²) in [5, 5.41) is 9.29. The van der Waals surface area contributed by atoms with Gasteiger partial charge in [-0.25, -0.2) is 9.78 Å². The van der Waals surface area contributed by atoms with Crippen molar-refractivity contribution in [2.45, 2.75) is 26.3 Å². The lowest BCUT2D eigenvalue weighted by Gasteiger charge is -2.19. The number of nitrogens with two attached hydrogens (primary N) is 1. The van der Waals surface area contributed by atoms with Gasteiger partial charge in [-0.1, -0.05) is 11.6 Å². The van der Waals surface area contributed by atoms with E-state index in [0.29, 0.717) is 31.1 Å². The molecule has 0 spiro atoms. The van der Waals surface area contributed by atoms with Gasteiger partial charge < -0.3 is 24.9 Å². The summed E-state index contributed by atoms with van der Waals surface area (Å²) in [5.74, 6) is -0.964. The van der Waals surface area contributed by atoms with Crippen LogP contribution in [0.1, 0.15) is 36.7 Å². The molecule has 2 heterocycles. The van der Waals surface area contributed by atoms with Gasteiger partial charge in [-0.05, 0) is 13.8 Å². The van der Waals surface area contributed by atoms with Gasteiger partial charge in [0.1, 0.15) is 11.3 Å². The fourth-order valence-corrected chi connectivity index (χ4v) is 2.70. The third-order valence-electron chi connectivity index (χ3n) is 3.83. The van der Waals surface area contributed by atoms with Gasteiger partial charge in [0.2, 0.25) is 0 Å². The fourth-order valence-electron chi connectivity index (χ4n) is 2.51. The highest BCUT2D eigenvalue weighted by Crippen LogP contribution is 2.33. The smallest absolute Gasteiger partial charge is 0.341 e. The highest BCUT2D eigenvalue weighted by atomic mass is 35.5. The number of anilines is 1. The Morgan fingerprint density at radius 2 is 2.07 bits per heavy atom. The highest BCUT2D eigenvalue weighted by molar-refractivity contribution is 6.31. The number of aromatic nitrogens is 2. The number of carbonyl (C=O) groups is 1. The molecule has 9 heteroatoms. The zero-order valence-electron chi connectivity index (χ0n) is 15.4. The van der Waals surface area contributed by atoms with Crippen LogP contribution in [0.2, 0.25) is 5.15 Å². The second-order valence-corrected chi connectivity index (χ2v) is 6.51. The fraction of sp³-hybridized carbons (Fsp3) is 0.389. The van der Waals surface area contributed by atoms with Crippen LogP contribution in [0.25, 0.3) is 11.4 Å². The van der Waals surface area contributed by atoms with Crippen molar-refractivity contribution in [1.29, 1.82) is 0 Å². The van der Waals surface area contributed by atoms with Crippen LogP contribution in [0.3, 0.4) is 0 Å². The van der Waals surface area contributed by atoms with Gasteiger partial charge in [-0.15, -0.1) is 0 Å². The van der Waals surface area contributed by atoms with Crippen molar-refractivity contribution in [2.24, 2.45) is 0 Å². The number of nitrogen functional groups attached to an aromatic ring is 1. The molecule has 0 radical (unpaired) electrons. The standard InChI is InChI=1S/C18H22ClN3O5/c1-10(2)22-9-11(18(24)25)14(23)8-13(22)16-12(20)7-15(17(19)21-16)27-6-4-5-26-3/h7-10H,4-6,20H2,1-3H3,(H,24,25). The molecule has 0 aliphatic carbocycles. The van der Waals surface area contributed by atoms with Gasteiger partial charge >= 0.3 is 5.97 Å². The molecule has 2 aromatic heterocycles. The van der Waals surface area contributed by atoms with Crippen LogP contribution in [-0.2, 0) is 4.74 Å². The number of halogens is 1. The summed E-state index contributed by atoms with van der Waals surface area (Å²) in [6.07, 6.45) is 1.97. The van der Waals surface area contributed by atoms with Crippen LogP contribution in [0, 0.1) is 0 Å².